The number of hydrogen-bond donors (Lipinski definition) is 2. The smallest absolute Gasteiger partial charge is 0.233 e. The Kier molecular flexibility index (Phi) is 6.53. The number of hydrogen-bond acceptors (Lipinski definition) is 6. The number of rotatable bonds is 5. The first kappa shape index (κ1) is 24.9. The van der Waals surface area contributed by atoms with Gasteiger partial charge in [-0.1, -0.05) is 53.4 Å². The Bertz CT molecular complexity index is 1180. The number of para-hydroxylation sites is 1. The van der Waals surface area contributed by atoms with E-state index in [1.54, 1.807) is 18.2 Å². The van der Waals surface area contributed by atoms with Gasteiger partial charge in [0, 0.05) is 27.9 Å². The Labute approximate surface area is 224 Å². The van der Waals surface area contributed by atoms with Crippen LogP contribution in [0.15, 0.2) is 53.0 Å². The summed E-state index contributed by atoms with van der Waals surface area (Å²) in [5, 5.41) is 22.7. The number of likely N-dealkylation sites (tertiary alicyclic amines) is 1. The topological polar surface area (TPSA) is 96.3 Å². The van der Waals surface area contributed by atoms with Crippen molar-refractivity contribution in [2.24, 2.45) is 23.7 Å². The van der Waals surface area contributed by atoms with Gasteiger partial charge in [-0.25, -0.2) is 0 Å². The van der Waals surface area contributed by atoms with Gasteiger partial charge in [0.25, 0.3) is 0 Å². The SMILES string of the molecule is O=C1[C@H]2[C@H](C[C@H](COc3ccccc3)[C@@]3(O)O[C@H](c4cc(Br)ccc4O)C[C@@H]23)C(=O)N1C1CCCCC1. The van der Waals surface area contributed by atoms with Crippen molar-refractivity contribution in [3.05, 3.63) is 58.6 Å². The number of fused-ring (bicyclic) bond motifs is 3. The minimum absolute atomic E-state index is 0.0568. The van der Waals surface area contributed by atoms with Crippen molar-refractivity contribution in [1.29, 1.82) is 0 Å². The van der Waals surface area contributed by atoms with Crippen LogP contribution in [0.25, 0.3) is 0 Å². The molecule has 0 unspecified atom stereocenters. The zero-order valence-corrected chi connectivity index (χ0v) is 22.2. The highest BCUT2D eigenvalue weighted by atomic mass is 79.9. The highest BCUT2D eigenvalue weighted by Crippen LogP contribution is 2.59. The highest BCUT2D eigenvalue weighted by Gasteiger charge is 2.67. The quantitative estimate of drug-likeness (QED) is 0.494. The van der Waals surface area contributed by atoms with Crippen LogP contribution in [0.1, 0.15) is 56.6 Å². The lowest BCUT2D eigenvalue weighted by atomic mass is 9.64. The zero-order valence-electron chi connectivity index (χ0n) is 20.6. The second-order valence-electron chi connectivity index (χ2n) is 10.9. The first-order valence-corrected chi connectivity index (χ1v) is 14.1. The van der Waals surface area contributed by atoms with E-state index in [2.05, 4.69) is 15.9 Å². The lowest BCUT2D eigenvalue weighted by molar-refractivity contribution is -0.272. The molecule has 2 saturated heterocycles. The van der Waals surface area contributed by atoms with Crippen molar-refractivity contribution in [1.82, 2.24) is 4.90 Å². The largest absolute Gasteiger partial charge is 0.508 e. The van der Waals surface area contributed by atoms with Crippen LogP contribution in [0.5, 0.6) is 11.5 Å². The second kappa shape index (κ2) is 9.71. The summed E-state index contributed by atoms with van der Waals surface area (Å²) in [6.45, 7) is 0.155. The Hall–Kier alpha value is -2.42. The summed E-state index contributed by atoms with van der Waals surface area (Å²) in [5.74, 6) is -3.42. The van der Waals surface area contributed by atoms with Crippen LogP contribution >= 0.6 is 15.9 Å². The highest BCUT2D eigenvalue weighted by molar-refractivity contribution is 9.10. The molecule has 4 fully saturated rings. The number of phenols is 1. The molecule has 2 aliphatic heterocycles. The summed E-state index contributed by atoms with van der Waals surface area (Å²) in [6.07, 6.45) is 4.89. The monoisotopic (exact) mass is 569 g/mol. The third kappa shape index (κ3) is 4.27. The molecule has 2 heterocycles. The van der Waals surface area contributed by atoms with Gasteiger partial charge >= 0.3 is 0 Å². The van der Waals surface area contributed by atoms with Gasteiger partial charge in [0.2, 0.25) is 11.8 Å². The van der Waals surface area contributed by atoms with E-state index in [9.17, 15) is 19.8 Å². The first-order valence-electron chi connectivity index (χ1n) is 13.3. The molecule has 2 amide bonds. The maximum atomic E-state index is 13.8. The van der Waals surface area contributed by atoms with E-state index in [1.165, 1.54) is 4.90 Å². The molecule has 6 atom stereocenters. The fourth-order valence-corrected chi connectivity index (χ4v) is 7.47. The van der Waals surface area contributed by atoms with Crippen molar-refractivity contribution >= 4 is 27.7 Å². The number of halogens is 1. The fourth-order valence-electron chi connectivity index (χ4n) is 7.09. The van der Waals surface area contributed by atoms with Crippen LogP contribution in [0, 0.1) is 23.7 Å². The lowest BCUT2D eigenvalue weighted by Crippen LogP contribution is -2.55. The number of carbonyl (C=O) groups excluding carboxylic acids is 2. The molecule has 2 aliphatic carbocycles. The van der Waals surface area contributed by atoms with Crippen LogP contribution in [0.2, 0.25) is 0 Å². The molecule has 0 bridgehead atoms. The third-order valence-electron chi connectivity index (χ3n) is 8.87. The van der Waals surface area contributed by atoms with E-state index < -0.39 is 35.6 Å². The second-order valence-corrected chi connectivity index (χ2v) is 11.8. The Morgan fingerprint density at radius 1 is 1.03 bits per heavy atom. The van der Waals surface area contributed by atoms with Crippen LogP contribution in [0.4, 0.5) is 0 Å². The molecule has 196 valence electrons. The number of nitrogens with zero attached hydrogens (tertiary/aromatic N) is 1. The molecular formula is C29H32BrNO6. The maximum absolute atomic E-state index is 13.8. The molecule has 2 N–H and O–H groups in total. The molecule has 8 heteroatoms. The Morgan fingerprint density at radius 2 is 1.78 bits per heavy atom. The molecule has 0 spiro atoms. The van der Waals surface area contributed by atoms with Gasteiger partial charge in [-0.05, 0) is 56.0 Å². The molecular weight excluding hydrogens is 538 g/mol. The number of phenolic OH excluding ortho intramolecular Hbond substituents is 1. The Balaban J connectivity index is 1.34. The average Bonchev–Trinajstić information content (AvgIpc) is 3.38. The predicted molar refractivity (Wildman–Crippen MR) is 138 cm³/mol. The van der Waals surface area contributed by atoms with Crippen molar-refractivity contribution < 1.29 is 29.3 Å². The summed E-state index contributed by atoms with van der Waals surface area (Å²) in [6, 6.07) is 14.4. The molecule has 0 radical (unpaired) electrons. The van der Waals surface area contributed by atoms with Crippen LogP contribution in [-0.2, 0) is 14.3 Å². The molecule has 2 saturated carbocycles. The van der Waals surface area contributed by atoms with Gasteiger partial charge in [0.15, 0.2) is 5.79 Å². The standard InChI is InChI=1S/C29H32BrNO6/c30-18-11-12-24(32)21(14-18)25-15-23-26-22(27(33)31(28(26)34)19-7-3-1-4-8-19)13-17(29(23,35)37-25)16-36-20-9-5-2-6-10-20/h2,5-6,9-12,14,17,19,22-23,25-26,32,35H,1,3-4,7-8,13,15-16H2/t17-,22+,23+,25+,26+,29-/m1/s1. The van der Waals surface area contributed by atoms with E-state index in [0.29, 0.717) is 24.2 Å². The lowest BCUT2D eigenvalue weighted by Gasteiger charge is -2.44. The number of aliphatic hydroxyl groups is 1. The van der Waals surface area contributed by atoms with Crippen LogP contribution in [0.3, 0.4) is 0 Å². The normalized spacial score (nSPS) is 33.9. The van der Waals surface area contributed by atoms with E-state index >= 15 is 0 Å². The first-order chi connectivity index (χ1) is 17.9. The number of carbonyl (C=O) groups is 2. The minimum Gasteiger partial charge on any atom is -0.508 e. The van der Waals surface area contributed by atoms with Gasteiger partial charge < -0.3 is 19.7 Å². The number of amides is 2. The van der Waals surface area contributed by atoms with Gasteiger partial charge in [-0.15, -0.1) is 0 Å². The fraction of sp³-hybridized carbons (Fsp3) is 0.517. The molecule has 2 aromatic carbocycles. The van der Waals surface area contributed by atoms with Crippen molar-refractivity contribution in [2.75, 3.05) is 6.61 Å². The molecule has 7 nitrogen and oxygen atoms in total. The van der Waals surface area contributed by atoms with Crippen LogP contribution in [-0.4, -0.2) is 45.4 Å². The van der Waals surface area contributed by atoms with E-state index in [1.807, 2.05) is 30.3 Å². The van der Waals surface area contributed by atoms with Crippen molar-refractivity contribution in [3.8, 4) is 11.5 Å². The summed E-state index contributed by atoms with van der Waals surface area (Å²) in [4.78, 5) is 29.1. The van der Waals surface area contributed by atoms with Crippen LogP contribution < -0.4 is 4.74 Å². The summed E-state index contributed by atoms with van der Waals surface area (Å²) >= 11 is 3.46. The van der Waals surface area contributed by atoms with Crippen molar-refractivity contribution in [3.63, 3.8) is 0 Å². The third-order valence-corrected chi connectivity index (χ3v) is 9.36. The molecule has 4 aliphatic rings. The summed E-state index contributed by atoms with van der Waals surface area (Å²) in [7, 11) is 0. The number of imide groups is 1. The maximum Gasteiger partial charge on any atom is 0.233 e. The number of aromatic hydroxyl groups is 1. The van der Waals surface area contributed by atoms with E-state index in [0.717, 1.165) is 36.6 Å². The van der Waals surface area contributed by atoms with Crippen molar-refractivity contribution in [2.45, 2.75) is 62.9 Å². The number of benzene rings is 2. The average molecular weight is 570 g/mol. The minimum atomic E-state index is -1.66. The van der Waals surface area contributed by atoms with Gasteiger partial charge in [-0.2, -0.15) is 0 Å². The molecule has 6 rings (SSSR count). The zero-order chi connectivity index (χ0) is 25.7. The van der Waals surface area contributed by atoms with E-state index in [-0.39, 0.29) is 30.2 Å². The van der Waals surface area contributed by atoms with Gasteiger partial charge in [0.05, 0.1) is 24.5 Å². The predicted octanol–water partition coefficient (Wildman–Crippen LogP) is 4.95. The Morgan fingerprint density at radius 3 is 2.54 bits per heavy atom. The van der Waals surface area contributed by atoms with E-state index in [4.69, 9.17) is 9.47 Å². The molecule has 37 heavy (non-hydrogen) atoms. The molecule has 0 aromatic heterocycles. The van der Waals surface area contributed by atoms with Gasteiger partial charge in [-0.3, -0.25) is 14.5 Å². The summed E-state index contributed by atoms with van der Waals surface area (Å²) in [5.41, 5.74) is 0.553. The number of ether oxygens (including phenoxy) is 2. The van der Waals surface area contributed by atoms with Gasteiger partial charge in [0.1, 0.15) is 11.5 Å². The summed E-state index contributed by atoms with van der Waals surface area (Å²) < 4.78 is 13.2. The molecule has 2 aromatic rings.